The number of amides is 1. The predicted octanol–water partition coefficient (Wildman–Crippen LogP) is 1.05. The van der Waals surface area contributed by atoms with Crippen LogP contribution in [0.1, 0.15) is 17.8 Å². The molecule has 8 nitrogen and oxygen atoms in total. The second kappa shape index (κ2) is 8.49. The Labute approximate surface area is 158 Å². The number of carboxylic acid groups (broad SMARTS) is 1. The number of aryl methyl sites for hydroxylation is 2. The van der Waals surface area contributed by atoms with Crippen molar-refractivity contribution in [3.63, 3.8) is 0 Å². The highest BCUT2D eigenvalue weighted by Gasteiger charge is 2.25. The van der Waals surface area contributed by atoms with Gasteiger partial charge in [-0.05, 0) is 25.6 Å². The molecule has 0 aliphatic carbocycles. The average molecular weight is 374 g/mol. The van der Waals surface area contributed by atoms with Crippen LogP contribution in [0.4, 0.5) is 0 Å². The number of carbonyl (C=O) groups is 2. The summed E-state index contributed by atoms with van der Waals surface area (Å²) in [4.78, 5) is 34.7. The van der Waals surface area contributed by atoms with Crippen LogP contribution >= 0.6 is 0 Å². The van der Waals surface area contributed by atoms with Crippen molar-refractivity contribution in [1.29, 1.82) is 0 Å². The first kappa shape index (κ1) is 19.3. The van der Waals surface area contributed by atoms with Gasteiger partial charge < -0.3 is 19.7 Å². The van der Waals surface area contributed by atoms with E-state index in [0.717, 1.165) is 22.4 Å². The number of hydrogen-bond donors (Lipinski definition) is 2. The summed E-state index contributed by atoms with van der Waals surface area (Å²) < 4.78 is 5.68. The van der Waals surface area contributed by atoms with Gasteiger partial charge in [-0.15, -0.1) is 0 Å². The first-order valence-electron chi connectivity index (χ1n) is 9.16. The van der Waals surface area contributed by atoms with Crippen LogP contribution in [0.2, 0.25) is 0 Å². The van der Waals surface area contributed by atoms with Crippen molar-refractivity contribution in [1.82, 2.24) is 19.8 Å². The van der Waals surface area contributed by atoms with E-state index < -0.39 is 5.97 Å². The zero-order valence-corrected chi connectivity index (χ0v) is 15.8. The van der Waals surface area contributed by atoms with E-state index in [2.05, 4.69) is 9.97 Å². The fourth-order valence-electron chi connectivity index (χ4n) is 3.43. The van der Waals surface area contributed by atoms with E-state index >= 15 is 0 Å². The lowest BCUT2D eigenvalue weighted by molar-refractivity contribution is -0.142. The van der Waals surface area contributed by atoms with Crippen LogP contribution in [0.25, 0.3) is 11.0 Å². The summed E-state index contributed by atoms with van der Waals surface area (Å²) in [7, 11) is 1.74. The Morgan fingerprint density at radius 3 is 3.00 bits per heavy atom. The number of aromatic nitrogens is 2. The SMILES string of the molecule is Cc1cccc2[nH]c(CCC(=O)N3CCOC(CN(C)CC(=O)O)C3)nc12. The number of rotatable bonds is 7. The van der Waals surface area contributed by atoms with Gasteiger partial charge in [-0.3, -0.25) is 14.5 Å². The van der Waals surface area contributed by atoms with Crippen molar-refractivity contribution in [2.45, 2.75) is 25.9 Å². The van der Waals surface area contributed by atoms with E-state index in [9.17, 15) is 9.59 Å². The Morgan fingerprint density at radius 1 is 1.44 bits per heavy atom. The van der Waals surface area contributed by atoms with Gasteiger partial charge in [-0.25, -0.2) is 4.98 Å². The number of ether oxygens (including phenoxy) is 1. The molecule has 1 aromatic heterocycles. The number of morpholine rings is 1. The van der Waals surface area contributed by atoms with Gasteiger partial charge >= 0.3 is 5.97 Å². The molecule has 2 N–H and O–H groups in total. The summed E-state index contributed by atoms with van der Waals surface area (Å²) in [6, 6.07) is 5.99. The van der Waals surface area contributed by atoms with Gasteiger partial charge in [-0.1, -0.05) is 12.1 Å². The molecule has 0 bridgehead atoms. The van der Waals surface area contributed by atoms with Crippen LogP contribution in [0.3, 0.4) is 0 Å². The molecule has 0 spiro atoms. The molecule has 8 heteroatoms. The lowest BCUT2D eigenvalue weighted by atomic mass is 10.2. The standard InChI is InChI=1S/C19H26N4O4/c1-13-4-3-5-15-19(13)21-16(20-15)6-7-17(24)23-8-9-27-14(11-23)10-22(2)12-18(25)26/h3-5,14H,6-12H2,1-2H3,(H,20,21)(H,25,26). The van der Waals surface area contributed by atoms with E-state index in [-0.39, 0.29) is 18.6 Å². The molecule has 1 amide bonds. The van der Waals surface area contributed by atoms with Crippen molar-refractivity contribution >= 4 is 22.9 Å². The molecular formula is C19H26N4O4. The number of likely N-dealkylation sites (N-methyl/N-ethyl adjacent to an activating group) is 1. The zero-order valence-electron chi connectivity index (χ0n) is 15.8. The molecule has 1 fully saturated rings. The molecule has 1 unspecified atom stereocenters. The monoisotopic (exact) mass is 374 g/mol. The third kappa shape index (κ3) is 5.05. The molecule has 0 saturated carbocycles. The number of nitrogens with one attached hydrogen (secondary N) is 1. The number of para-hydroxylation sites is 1. The van der Waals surface area contributed by atoms with Gasteiger partial charge in [0, 0.05) is 32.5 Å². The second-order valence-corrected chi connectivity index (χ2v) is 7.08. The Kier molecular flexibility index (Phi) is 6.08. The molecule has 27 heavy (non-hydrogen) atoms. The number of aromatic amines is 1. The van der Waals surface area contributed by atoms with Crippen LogP contribution in [0.15, 0.2) is 18.2 Å². The van der Waals surface area contributed by atoms with Crippen LogP contribution < -0.4 is 0 Å². The molecule has 2 heterocycles. The molecule has 1 aliphatic rings. The molecule has 1 aliphatic heterocycles. The minimum atomic E-state index is -0.873. The van der Waals surface area contributed by atoms with E-state index in [1.54, 1.807) is 16.8 Å². The molecule has 2 aromatic rings. The first-order valence-corrected chi connectivity index (χ1v) is 9.16. The quantitative estimate of drug-likeness (QED) is 0.752. The van der Waals surface area contributed by atoms with E-state index in [1.807, 2.05) is 25.1 Å². The van der Waals surface area contributed by atoms with Gasteiger partial charge in [0.25, 0.3) is 0 Å². The minimum Gasteiger partial charge on any atom is -0.480 e. The molecular weight excluding hydrogens is 348 g/mol. The number of imidazole rings is 1. The van der Waals surface area contributed by atoms with Gasteiger partial charge in [-0.2, -0.15) is 0 Å². The highest BCUT2D eigenvalue weighted by molar-refractivity contribution is 5.79. The average Bonchev–Trinajstić information content (AvgIpc) is 3.03. The van der Waals surface area contributed by atoms with Gasteiger partial charge in [0.05, 0.1) is 30.3 Å². The summed E-state index contributed by atoms with van der Waals surface area (Å²) in [6.45, 7) is 3.99. The minimum absolute atomic E-state index is 0.0424. The number of H-pyrrole nitrogens is 1. The van der Waals surface area contributed by atoms with Crippen molar-refractivity contribution in [2.75, 3.05) is 39.8 Å². The van der Waals surface area contributed by atoms with E-state index in [1.165, 1.54) is 0 Å². The Bertz CT molecular complexity index is 819. The second-order valence-electron chi connectivity index (χ2n) is 7.08. The summed E-state index contributed by atoms with van der Waals surface area (Å²) in [5, 5.41) is 8.85. The number of carboxylic acids is 1. The van der Waals surface area contributed by atoms with Crippen molar-refractivity contribution in [3.05, 3.63) is 29.6 Å². The molecule has 1 aromatic carbocycles. The fraction of sp³-hybridized carbons (Fsp3) is 0.526. The molecule has 146 valence electrons. The third-order valence-electron chi connectivity index (χ3n) is 4.75. The molecule has 3 rings (SSSR count). The number of aliphatic carboxylic acids is 1. The smallest absolute Gasteiger partial charge is 0.317 e. The number of carbonyl (C=O) groups excluding carboxylic acids is 1. The molecule has 1 atom stereocenters. The number of nitrogens with zero attached hydrogens (tertiary/aromatic N) is 3. The summed E-state index contributed by atoms with van der Waals surface area (Å²) in [6.07, 6.45) is 0.783. The highest BCUT2D eigenvalue weighted by atomic mass is 16.5. The van der Waals surface area contributed by atoms with Crippen LogP contribution in [-0.2, 0) is 20.7 Å². The van der Waals surface area contributed by atoms with Crippen molar-refractivity contribution < 1.29 is 19.4 Å². The van der Waals surface area contributed by atoms with E-state index in [0.29, 0.717) is 39.1 Å². The van der Waals surface area contributed by atoms with Gasteiger partial charge in [0.1, 0.15) is 5.82 Å². The maximum absolute atomic E-state index is 12.6. The summed E-state index contributed by atoms with van der Waals surface area (Å²) >= 11 is 0. The summed E-state index contributed by atoms with van der Waals surface area (Å²) in [5.41, 5.74) is 3.06. The van der Waals surface area contributed by atoms with Crippen molar-refractivity contribution in [3.8, 4) is 0 Å². The first-order chi connectivity index (χ1) is 12.9. The largest absolute Gasteiger partial charge is 0.480 e. The lowest BCUT2D eigenvalue weighted by Crippen LogP contribution is -2.49. The number of benzene rings is 1. The van der Waals surface area contributed by atoms with Crippen LogP contribution in [0, 0.1) is 6.92 Å². The normalized spacial score (nSPS) is 17.6. The fourth-order valence-corrected chi connectivity index (χ4v) is 3.43. The van der Waals surface area contributed by atoms with Crippen LogP contribution in [0.5, 0.6) is 0 Å². The molecule has 1 saturated heterocycles. The Balaban J connectivity index is 1.52. The maximum Gasteiger partial charge on any atom is 0.317 e. The zero-order chi connectivity index (χ0) is 19.4. The lowest BCUT2D eigenvalue weighted by Gasteiger charge is -2.34. The van der Waals surface area contributed by atoms with Crippen LogP contribution in [-0.4, -0.2) is 82.7 Å². The Morgan fingerprint density at radius 2 is 2.26 bits per heavy atom. The predicted molar refractivity (Wildman–Crippen MR) is 101 cm³/mol. The highest BCUT2D eigenvalue weighted by Crippen LogP contribution is 2.16. The third-order valence-corrected chi connectivity index (χ3v) is 4.75. The number of fused-ring (bicyclic) bond motifs is 1. The molecule has 0 radical (unpaired) electrons. The number of hydrogen-bond acceptors (Lipinski definition) is 5. The van der Waals surface area contributed by atoms with Crippen molar-refractivity contribution in [2.24, 2.45) is 0 Å². The van der Waals surface area contributed by atoms with E-state index in [4.69, 9.17) is 9.84 Å². The maximum atomic E-state index is 12.6. The van der Waals surface area contributed by atoms with Gasteiger partial charge in [0.2, 0.25) is 5.91 Å². The topological polar surface area (TPSA) is 98.8 Å². The Hall–Kier alpha value is -2.45. The summed E-state index contributed by atoms with van der Waals surface area (Å²) in [5.74, 6) is 0.0160. The van der Waals surface area contributed by atoms with Gasteiger partial charge in [0.15, 0.2) is 0 Å².